The van der Waals surface area contributed by atoms with Crippen molar-refractivity contribution in [2.24, 2.45) is 0 Å². The Bertz CT molecular complexity index is 914. The van der Waals surface area contributed by atoms with E-state index in [1.165, 1.54) is 11.0 Å². The molecule has 2 aromatic rings. The summed E-state index contributed by atoms with van der Waals surface area (Å²) >= 11 is 0. The van der Waals surface area contributed by atoms with Gasteiger partial charge in [-0.25, -0.2) is 18.9 Å². The molecule has 2 heterocycles. The molecule has 2 saturated heterocycles. The minimum Gasteiger partial charge on any atom is -0.381 e. The van der Waals surface area contributed by atoms with Crippen LogP contribution in [0.4, 0.5) is 14.0 Å². The van der Waals surface area contributed by atoms with Crippen molar-refractivity contribution in [1.29, 1.82) is 0 Å². The highest BCUT2D eigenvalue weighted by atomic mass is 19.1. The molecule has 4 rings (SSSR count). The first-order chi connectivity index (χ1) is 14.5. The van der Waals surface area contributed by atoms with Gasteiger partial charge in [0.1, 0.15) is 5.82 Å². The topological polar surface area (TPSA) is 82.7 Å². The molecule has 0 aromatic heterocycles. The molecule has 0 unspecified atom stereocenters. The summed E-state index contributed by atoms with van der Waals surface area (Å²) in [5.41, 5.74) is 2.20. The van der Waals surface area contributed by atoms with E-state index in [2.05, 4.69) is 16.0 Å². The van der Waals surface area contributed by atoms with Gasteiger partial charge >= 0.3 is 12.1 Å². The van der Waals surface area contributed by atoms with Crippen LogP contribution in [0, 0.1) is 5.82 Å². The third kappa shape index (κ3) is 4.29. The van der Waals surface area contributed by atoms with Crippen LogP contribution in [0.5, 0.6) is 0 Å². The van der Waals surface area contributed by atoms with Crippen molar-refractivity contribution in [3.63, 3.8) is 0 Å². The molecule has 1 atom stereocenters. The molecule has 0 saturated carbocycles. The van der Waals surface area contributed by atoms with Crippen molar-refractivity contribution in [3.8, 4) is 11.1 Å². The number of carbonyl (C=O) groups excluding carboxylic acids is 2. The molecular weight excluding hydrogens is 387 g/mol. The maximum absolute atomic E-state index is 14.1. The maximum atomic E-state index is 14.1. The lowest BCUT2D eigenvalue weighted by Gasteiger charge is -2.39. The van der Waals surface area contributed by atoms with E-state index in [9.17, 15) is 14.0 Å². The molecule has 30 heavy (non-hydrogen) atoms. The number of urea groups is 2. The molecule has 0 spiro atoms. The third-order valence-corrected chi connectivity index (χ3v) is 5.52. The van der Waals surface area contributed by atoms with E-state index in [4.69, 9.17) is 4.74 Å². The van der Waals surface area contributed by atoms with Gasteiger partial charge < -0.3 is 15.4 Å². The minimum absolute atomic E-state index is 0.158. The highest BCUT2D eigenvalue weighted by Gasteiger charge is 2.37. The van der Waals surface area contributed by atoms with E-state index in [1.807, 2.05) is 31.2 Å². The highest BCUT2D eigenvalue weighted by Crippen LogP contribution is 2.26. The van der Waals surface area contributed by atoms with Gasteiger partial charge in [-0.2, -0.15) is 0 Å². The van der Waals surface area contributed by atoms with Crippen molar-refractivity contribution in [1.82, 2.24) is 20.9 Å². The molecule has 2 aliphatic rings. The van der Waals surface area contributed by atoms with Crippen molar-refractivity contribution in [2.75, 3.05) is 13.2 Å². The first-order valence-corrected chi connectivity index (χ1v) is 10.1. The van der Waals surface area contributed by atoms with Crippen molar-refractivity contribution < 1.29 is 18.7 Å². The molecule has 0 bridgehead atoms. The molecule has 0 radical (unpaired) electrons. The zero-order valence-electron chi connectivity index (χ0n) is 16.7. The predicted molar refractivity (Wildman–Crippen MR) is 110 cm³/mol. The first-order valence-electron chi connectivity index (χ1n) is 10.1. The summed E-state index contributed by atoms with van der Waals surface area (Å²) in [5, 5.41) is 8.79. The van der Waals surface area contributed by atoms with Crippen LogP contribution >= 0.6 is 0 Å². The van der Waals surface area contributed by atoms with E-state index < -0.39 is 18.4 Å². The second-order valence-electron chi connectivity index (χ2n) is 7.54. The Balaban J connectivity index is 1.43. The Kier molecular flexibility index (Phi) is 5.96. The van der Waals surface area contributed by atoms with Crippen LogP contribution in [0.3, 0.4) is 0 Å². The number of ether oxygens (including phenoxy) is 1. The number of carbonyl (C=O) groups is 2. The van der Waals surface area contributed by atoms with Gasteiger partial charge in [-0.15, -0.1) is 0 Å². The number of nitrogens with one attached hydrogen (secondary N) is 3. The first kappa shape index (κ1) is 20.3. The average molecular weight is 412 g/mol. The van der Waals surface area contributed by atoms with Gasteiger partial charge in [0.25, 0.3) is 0 Å². The Morgan fingerprint density at radius 1 is 1.07 bits per heavy atom. The smallest absolute Gasteiger partial charge is 0.328 e. The fraction of sp³-hybridized carbons (Fsp3) is 0.364. The molecule has 7 nitrogen and oxygen atoms in total. The van der Waals surface area contributed by atoms with Crippen LogP contribution in [0.1, 0.15) is 31.4 Å². The second kappa shape index (κ2) is 8.81. The quantitative estimate of drug-likeness (QED) is 0.704. The SMILES string of the molecule is C[C@H](NC1NC(=O)N(C2CCOCC2)C(=O)N1)c1cccc(-c2ccccc2F)c1. The molecule has 158 valence electrons. The molecule has 4 amide bonds. The average Bonchev–Trinajstić information content (AvgIpc) is 2.74. The number of imide groups is 1. The summed E-state index contributed by atoms with van der Waals surface area (Å²) < 4.78 is 19.4. The van der Waals surface area contributed by atoms with Gasteiger partial charge in [0.2, 0.25) is 0 Å². The standard InChI is InChI=1S/C22H25FN4O3/c1-14(15-5-4-6-16(13-15)18-7-2-3-8-19(18)23)24-20-25-21(28)27(22(29)26-20)17-9-11-30-12-10-17/h2-8,13-14,17,20,24H,9-12H2,1H3,(H,25,28)(H,26,29)/t14-/m0/s1. The predicted octanol–water partition coefficient (Wildman–Crippen LogP) is 3.34. The number of hydrogen-bond acceptors (Lipinski definition) is 4. The van der Waals surface area contributed by atoms with E-state index >= 15 is 0 Å². The Morgan fingerprint density at radius 2 is 1.77 bits per heavy atom. The van der Waals surface area contributed by atoms with Gasteiger partial charge in [0, 0.05) is 30.9 Å². The second-order valence-corrected chi connectivity index (χ2v) is 7.54. The molecule has 2 fully saturated rings. The Labute approximate surface area is 174 Å². The van der Waals surface area contributed by atoms with Gasteiger partial charge in [0.15, 0.2) is 6.29 Å². The van der Waals surface area contributed by atoms with Crippen LogP contribution in [0.25, 0.3) is 11.1 Å². The van der Waals surface area contributed by atoms with E-state index in [1.54, 1.807) is 18.2 Å². The molecule has 0 aliphatic carbocycles. The molecule has 2 aromatic carbocycles. The third-order valence-electron chi connectivity index (χ3n) is 5.52. The maximum Gasteiger partial charge on any atom is 0.328 e. The fourth-order valence-corrected chi connectivity index (χ4v) is 3.89. The number of nitrogens with zero attached hydrogens (tertiary/aromatic N) is 1. The zero-order valence-corrected chi connectivity index (χ0v) is 16.7. The van der Waals surface area contributed by atoms with Crippen molar-refractivity contribution in [2.45, 2.75) is 38.1 Å². The summed E-state index contributed by atoms with van der Waals surface area (Å²) in [6, 6.07) is 13.0. The monoisotopic (exact) mass is 412 g/mol. The lowest BCUT2D eigenvalue weighted by molar-refractivity contribution is 0.0492. The lowest BCUT2D eigenvalue weighted by atomic mass is 10.00. The van der Waals surface area contributed by atoms with Gasteiger partial charge in [0.05, 0.1) is 0 Å². The number of hydrogen-bond donors (Lipinski definition) is 3. The number of amides is 4. The normalized spacial score (nSPS) is 19.3. The van der Waals surface area contributed by atoms with Crippen molar-refractivity contribution in [3.05, 3.63) is 59.9 Å². The lowest BCUT2D eigenvalue weighted by Crippen LogP contribution is -2.70. The number of halogens is 1. The number of benzene rings is 2. The van der Waals surface area contributed by atoms with E-state index in [0.29, 0.717) is 31.6 Å². The van der Waals surface area contributed by atoms with Crippen LogP contribution in [-0.2, 0) is 4.74 Å². The Morgan fingerprint density at radius 3 is 2.47 bits per heavy atom. The summed E-state index contributed by atoms with van der Waals surface area (Å²) in [4.78, 5) is 26.3. The summed E-state index contributed by atoms with van der Waals surface area (Å²) in [6.45, 7) is 3.00. The van der Waals surface area contributed by atoms with Crippen LogP contribution in [0.2, 0.25) is 0 Å². The van der Waals surface area contributed by atoms with Crippen LogP contribution in [0.15, 0.2) is 48.5 Å². The van der Waals surface area contributed by atoms with Gasteiger partial charge in [-0.3, -0.25) is 5.32 Å². The molecule has 2 aliphatic heterocycles. The fourth-order valence-electron chi connectivity index (χ4n) is 3.89. The van der Waals surface area contributed by atoms with E-state index in [-0.39, 0.29) is 17.9 Å². The summed E-state index contributed by atoms with van der Waals surface area (Å²) in [7, 11) is 0. The van der Waals surface area contributed by atoms with Crippen LogP contribution in [-0.4, -0.2) is 42.5 Å². The minimum atomic E-state index is -0.701. The highest BCUT2D eigenvalue weighted by molar-refractivity contribution is 5.96. The van der Waals surface area contributed by atoms with Crippen molar-refractivity contribution >= 4 is 12.1 Å². The summed E-state index contributed by atoms with van der Waals surface area (Å²) in [6.07, 6.45) is 0.573. The molecular formula is C22H25FN4O3. The number of rotatable bonds is 5. The largest absolute Gasteiger partial charge is 0.381 e. The molecule has 8 heteroatoms. The van der Waals surface area contributed by atoms with Gasteiger partial charge in [-0.1, -0.05) is 36.4 Å². The van der Waals surface area contributed by atoms with E-state index in [0.717, 1.165) is 11.1 Å². The van der Waals surface area contributed by atoms with Crippen LogP contribution < -0.4 is 16.0 Å². The Hall–Kier alpha value is -2.97. The summed E-state index contributed by atoms with van der Waals surface area (Å²) in [5.74, 6) is -0.282. The molecule has 3 N–H and O–H groups in total. The zero-order chi connectivity index (χ0) is 21.1. The van der Waals surface area contributed by atoms with Gasteiger partial charge in [-0.05, 0) is 43.0 Å².